The standard InChI is InChI=1S/C23H35N3O4/c1-3-18(2)21(25-23(29)30-17-19-11-7-6-8-12-19)22(28)24-14-13-20(27)26-15-9-4-5-10-16-26/h6-8,11-12,18,21H,3-5,9-10,13-17H2,1-2H3,(H,24,28)(H,25,29)/t18-,21-/m0/s1. The van der Waals surface area contributed by atoms with E-state index >= 15 is 0 Å². The van der Waals surface area contributed by atoms with Gasteiger partial charge in [-0.2, -0.15) is 0 Å². The number of nitrogens with one attached hydrogen (secondary N) is 2. The Balaban J connectivity index is 1.79. The number of nitrogens with zero attached hydrogens (tertiary/aromatic N) is 1. The number of alkyl carbamates (subject to hydrolysis) is 1. The summed E-state index contributed by atoms with van der Waals surface area (Å²) >= 11 is 0. The van der Waals surface area contributed by atoms with Gasteiger partial charge in [-0.25, -0.2) is 4.79 Å². The van der Waals surface area contributed by atoms with Gasteiger partial charge < -0.3 is 20.3 Å². The summed E-state index contributed by atoms with van der Waals surface area (Å²) in [6.45, 7) is 5.89. The Labute approximate surface area is 179 Å². The van der Waals surface area contributed by atoms with Gasteiger partial charge in [-0.1, -0.05) is 63.4 Å². The van der Waals surface area contributed by atoms with Gasteiger partial charge in [0.1, 0.15) is 12.6 Å². The van der Waals surface area contributed by atoms with Crippen molar-refractivity contribution in [2.75, 3.05) is 19.6 Å². The van der Waals surface area contributed by atoms with E-state index in [-0.39, 0.29) is 37.3 Å². The van der Waals surface area contributed by atoms with Crippen molar-refractivity contribution < 1.29 is 19.1 Å². The van der Waals surface area contributed by atoms with E-state index in [0.717, 1.165) is 37.9 Å². The smallest absolute Gasteiger partial charge is 0.408 e. The van der Waals surface area contributed by atoms with Gasteiger partial charge in [0.15, 0.2) is 0 Å². The van der Waals surface area contributed by atoms with Crippen LogP contribution in [0.5, 0.6) is 0 Å². The number of likely N-dealkylation sites (tertiary alicyclic amines) is 1. The Kier molecular flexibility index (Phi) is 10.2. The average molecular weight is 418 g/mol. The zero-order valence-electron chi connectivity index (χ0n) is 18.2. The second-order valence-electron chi connectivity index (χ2n) is 7.91. The summed E-state index contributed by atoms with van der Waals surface area (Å²) in [7, 11) is 0. The van der Waals surface area contributed by atoms with Crippen LogP contribution in [0.4, 0.5) is 4.79 Å². The maximum Gasteiger partial charge on any atom is 0.408 e. The number of carbonyl (C=O) groups excluding carboxylic acids is 3. The van der Waals surface area contributed by atoms with E-state index in [9.17, 15) is 14.4 Å². The second-order valence-corrected chi connectivity index (χ2v) is 7.91. The van der Waals surface area contributed by atoms with Gasteiger partial charge in [0, 0.05) is 26.1 Å². The summed E-state index contributed by atoms with van der Waals surface area (Å²) in [6.07, 6.45) is 4.81. The molecule has 1 saturated heterocycles. The lowest BCUT2D eigenvalue weighted by Crippen LogP contribution is -2.50. The minimum atomic E-state index is -0.702. The Morgan fingerprint density at radius 2 is 1.73 bits per heavy atom. The van der Waals surface area contributed by atoms with Crippen molar-refractivity contribution in [1.29, 1.82) is 0 Å². The summed E-state index contributed by atoms with van der Waals surface area (Å²) < 4.78 is 5.25. The minimum Gasteiger partial charge on any atom is -0.445 e. The first-order valence-electron chi connectivity index (χ1n) is 11.0. The third-order valence-corrected chi connectivity index (χ3v) is 5.58. The van der Waals surface area contributed by atoms with Crippen LogP contribution in [-0.2, 0) is 20.9 Å². The van der Waals surface area contributed by atoms with E-state index < -0.39 is 12.1 Å². The summed E-state index contributed by atoms with van der Waals surface area (Å²) in [5.41, 5.74) is 0.879. The van der Waals surface area contributed by atoms with Crippen molar-refractivity contribution in [2.45, 2.75) is 65.0 Å². The lowest BCUT2D eigenvalue weighted by molar-refractivity contribution is -0.131. The first-order valence-corrected chi connectivity index (χ1v) is 11.0. The zero-order chi connectivity index (χ0) is 21.8. The average Bonchev–Trinajstić information content (AvgIpc) is 3.05. The van der Waals surface area contributed by atoms with Crippen LogP contribution in [0.1, 0.15) is 57.9 Å². The maximum absolute atomic E-state index is 12.7. The molecule has 0 spiro atoms. The van der Waals surface area contributed by atoms with Crippen molar-refractivity contribution in [3.8, 4) is 0 Å². The number of carbonyl (C=O) groups is 3. The van der Waals surface area contributed by atoms with E-state index in [1.54, 1.807) is 0 Å². The highest BCUT2D eigenvalue weighted by Crippen LogP contribution is 2.11. The van der Waals surface area contributed by atoms with Crippen molar-refractivity contribution in [3.05, 3.63) is 35.9 Å². The van der Waals surface area contributed by atoms with Crippen molar-refractivity contribution >= 4 is 17.9 Å². The van der Waals surface area contributed by atoms with Crippen LogP contribution < -0.4 is 10.6 Å². The quantitative estimate of drug-likeness (QED) is 0.646. The number of hydrogen-bond donors (Lipinski definition) is 2. The Morgan fingerprint density at radius 3 is 2.37 bits per heavy atom. The highest BCUT2D eigenvalue weighted by atomic mass is 16.5. The molecule has 1 aromatic rings. The second kappa shape index (κ2) is 12.9. The fourth-order valence-electron chi connectivity index (χ4n) is 3.47. The van der Waals surface area contributed by atoms with E-state index in [1.165, 1.54) is 12.8 Å². The predicted octanol–water partition coefficient (Wildman–Crippen LogP) is 3.24. The van der Waals surface area contributed by atoms with Crippen LogP contribution >= 0.6 is 0 Å². The predicted molar refractivity (Wildman–Crippen MR) is 116 cm³/mol. The molecule has 0 aromatic heterocycles. The number of rotatable bonds is 9. The Bertz CT molecular complexity index is 672. The molecule has 2 atom stereocenters. The monoisotopic (exact) mass is 417 g/mol. The van der Waals surface area contributed by atoms with Gasteiger partial charge >= 0.3 is 6.09 Å². The van der Waals surface area contributed by atoms with Gasteiger partial charge in [-0.3, -0.25) is 9.59 Å². The van der Waals surface area contributed by atoms with Crippen molar-refractivity contribution in [2.24, 2.45) is 5.92 Å². The van der Waals surface area contributed by atoms with E-state index in [0.29, 0.717) is 0 Å². The molecule has 2 rings (SSSR count). The molecule has 0 aliphatic carbocycles. The molecule has 7 heteroatoms. The summed E-state index contributed by atoms with van der Waals surface area (Å²) in [5.74, 6) is -0.271. The van der Waals surface area contributed by atoms with Gasteiger partial charge in [0.2, 0.25) is 11.8 Å². The lowest BCUT2D eigenvalue weighted by Gasteiger charge is -2.24. The van der Waals surface area contributed by atoms with Crippen LogP contribution in [0.15, 0.2) is 30.3 Å². The molecule has 0 saturated carbocycles. The molecule has 0 radical (unpaired) electrons. The SMILES string of the molecule is CC[C@H](C)[C@H](NC(=O)OCc1ccccc1)C(=O)NCCC(=O)N1CCCCCC1. The molecule has 1 aromatic carbocycles. The summed E-state index contributed by atoms with van der Waals surface area (Å²) in [5, 5.41) is 5.48. The molecule has 1 aliphatic rings. The van der Waals surface area contributed by atoms with E-state index in [4.69, 9.17) is 4.74 Å². The van der Waals surface area contributed by atoms with Crippen molar-refractivity contribution in [1.82, 2.24) is 15.5 Å². The topological polar surface area (TPSA) is 87.7 Å². The Hall–Kier alpha value is -2.57. The number of hydrogen-bond acceptors (Lipinski definition) is 4. The molecule has 0 bridgehead atoms. The first kappa shape index (κ1) is 23.7. The maximum atomic E-state index is 12.7. The molecule has 0 unspecified atom stereocenters. The van der Waals surface area contributed by atoms with Gasteiger partial charge in [-0.05, 0) is 24.3 Å². The van der Waals surface area contributed by atoms with Gasteiger partial charge in [0.05, 0.1) is 0 Å². The molecular formula is C23H35N3O4. The first-order chi connectivity index (χ1) is 14.5. The number of ether oxygens (including phenoxy) is 1. The number of amides is 3. The van der Waals surface area contributed by atoms with E-state index in [2.05, 4.69) is 10.6 Å². The fraction of sp³-hybridized carbons (Fsp3) is 0.609. The van der Waals surface area contributed by atoms with Crippen LogP contribution in [0.25, 0.3) is 0 Å². The van der Waals surface area contributed by atoms with E-state index in [1.807, 2.05) is 49.1 Å². The molecule has 1 aliphatic heterocycles. The minimum absolute atomic E-state index is 0.0596. The van der Waals surface area contributed by atoms with Crippen LogP contribution in [0, 0.1) is 5.92 Å². The number of benzene rings is 1. The van der Waals surface area contributed by atoms with Crippen LogP contribution in [0.3, 0.4) is 0 Å². The fourth-order valence-corrected chi connectivity index (χ4v) is 3.47. The molecule has 2 N–H and O–H groups in total. The van der Waals surface area contributed by atoms with Crippen LogP contribution in [-0.4, -0.2) is 48.5 Å². The molecular weight excluding hydrogens is 382 g/mol. The normalized spacial score (nSPS) is 16.1. The molecule has 7 nitrogen and oxygen atoms in total. The molecule has 166 valence electrons. The van der Waals surface area contributed by atoms with Gasteiger partial charge in [0.25, 0.3) is 0 Å². The highest BCUT2D eigenvalue weighted by molar-refractivity contribution is 5.86. The third kappa shape index (κ3) is 8.05. The molecule has 3 amide bonds. The Morgan fingerprint density at radius 1 is 1.07 bits per heavy atom. The lowest BCUT2D eigenvalue weighted by atomic mass is 9.98. The third-order valence-electron chi connectivity index (χ3n) is 5.58. The largest absolute Gasteiger partial charge is 0.445 e. The van der Waals surface area contributed by atoms with Gasteiger partial charge in [-0.15, -0.1) is 0 Å². The molecule has 1 fully saturated rings. The summed E-state index contributed by atoms with van der Waals surface area (Å²) in [6, 6.07) is 8.68. The zero-order valence-corrected chi connectivity index (χ0v) is 18.2. The highest BCUT2D eigenvalue weighted by Gasteiger charge is 2.26. The van der Waals surface area contributed by atoms with Crippen LogP contribution in [0.2, 0.25) is 0 Å². The molecule has 30 heavy (non-hydrogen) atoms. The summed E-state index contributed by atoms with van der Waals surface area (Å²) in [4.78, 5) is 39.1. The van der Waals surface area contributed by atoms with Crippen molar-refractivity contribution in [3.63, 3.8) is 0 Å². The molecule has 1 heterocycles.